The van der Waals surface area contributed by atoms with Gasteiger partial charge in [0.2, 0.25) is 5.96 Å². The van der Waals surface area contributed by atoms with Crippen LogP contribution in [0, 0.1) is 17.0 Å². The number of rotatable bonds is 2. The normalized spacial score (nSPS) is 11.1. The molecule has 0 atom stereocenters. The van der Waals surface area contributed by atoms with Crippen LogP contribution in [0.5, 0.6) is 0 Å². The van der Waals surface area contributed by atoms with E-state index in [1.807, 2.05) is 0 Å². The first-order chi connectivity index (χ1) is 8.32. The molecule has 96 valence electrons. The maximum absolute atomic E-state index is 10.9. The number of hydrogen-bond donors (Lipinski definition) is 3. The first-order valence-corrected chi connectivity index (χ1v) is 5.49. The van der Waals surface area contributed by atoms with Crippen LogP contribution in [0.1, 0.15) is 5.56 Å². The quantitative estimate of drug-likeness (QED) is 0.321. The van der Waals surface area contributed by atoms with E-state index in [0.29, 0.717) is 15.7 Å². The van der Waals surface area contributed by atoms with Crippen LogP contribution in [0.4, 0.5) is 11.4 Å². The lowest BCUT2D eigenvalue weighted by Crippen LogP contribution is -2.26. The maximum atomic E-state index is 10.9. The molecular formula is C9H11BrN6O2. The predicted molar refractivity (Wildman–Crippen MR) is 72.6 cm³/mol. The third-order valence-electron chi connectivity index (χ3n) is 2.01. The summed E-state index contributed by atoms with van der Waals surface area (Å²) in [4.78, 5) is 17.8. The molecule has 0 amide bonds. The van der Waals surface area contributed by atoms with Crippen LogP contribution in [-0.2, 0) is 0 Å². The van der Waals surface area contributed by atoms with Crippen molar-refractivity contribution in [3.05, 3.63) is 32.3 Å². The van der Waals surface area contributed by atoms with E-state index in [0.717, 1.165) is 0 Å². The highest BCUT2D eigenvalue weighted by Crippen LogP contribution is 2.34. The molecule has 6 N–H and O–H groups in total. The van der Waals surface area contributed by atoms with Crippen LogP contribution in [0.3, 0.4) is 0 Å². The number of nitro groups is 1. The van der Waals surface area contributed by atoms with E-state index in [1.54, 1.807) is 13.0 Å². The fourth-order valence-corrected chi connectivity index (χ4v) is 1.86. The minimum absolute atomic E-state index is 0.0752. The van der Waals surface area contributed by atoms with Gasteiger partial charge in [0.05, 0.1) is 20.6 Å². The second kappa shape index (κ2) is 5.45. The first-order valence-electron chi connectivity index (χ1n) is 4.70. The fourth-order valence-electron chi connectivity index (χ4n) is 1.28. The Kier molecular flexibility index (Phi) is 4.21. The summed E-state index contributed by atoms with van der Waals surface area (Å²) in [5, 5.41) is 10.9. The van der Waals surface area contributed by atoms with E-state index in [2.05, 4.69) is 25.9 Å². The van der Waals surface area contributed by atoms with Crippen molar-refractivity contribution < 1.29 is 4.92 Å². The molecule has 0 aliphatic rings. The number of benzene rings is 1. The Hall–Kier alpha value is -2.16. The van der Waals surface area contributed by atoms with Gasteiger partial charge in [-0.25, -0.2) is 4.99 Å². The topological polar surface area (TPSA) is 146 Å². The Morgan fingerprint density at radius 2 is 2.00 bits per heavy atom. The lowest BCUT2D eigenvalue weighted by molar-refractivity contribution is -0.386. The van der Waals surface area contributed by atoms with Gasteiger partial charge in [0, 0.05) is 0 Å². The molecule has 0 spiro atoms. The van der Waals surface area contributed by atoms with E-state index in [-0.39, 0.29) is 17.6 Å². The molecule has 0 unspecified atom stereocenters. The minimum Gasteiger partial charge on any atom is -0.370 e. The average Bonchev–Trinajstić information content (AvgIpc) is 2.20. The Morgan fingerprint density at radius 3 is 2.50 bits per heavy atom. The fraction of sp³-hybridized carbons (Fsp3) is 0.111. The smallest absolute Gasteiger partial charge is 0.288 e. The predicted octanol–water partition coefficient (Wildman–Crippen LogP) is 0.885. The Morgan fingerprint density at radius 1 is 1.39 bits per heavy atom. The van der Waals surface area contributed by atoms with Crippen LogP contribution in [0.2, 0.25) is 0 Å². The lowest BCUT2D eigenvalue weighted by Gasteiger charge is -2.03. The highest BCUT2D eigenvalue weighted by molar-refractivity contribution is 9.10. The van der Waals surface area contributed by atoms with Gasteiger partial charge in [-0.2, -0.15) is 4.99 Å². The second-order valence-electron chi connectivity index (χ2n) is 3.30. The molecule has 0 heterocycles. The summed E-state index contributed by atoms with van der Waals surface area (Å²) < 4.78 is 0.365. The number of nitrogens with two attached hydrogens (primary N) is 3. The summed E-state index contributed by atoms with van der Waals surface area (Å²) in [5.74, 6) is -0.407. The van der Waals surface area contributed by atoms with Crippen LogP contribution < -0.4 is 17.2 Å². The SMILES string of the molecule is Cc1c(N=C(N)N=C(N)N)ccc(Br)c1[N+](=O)[O-]. The minimum atomic E-state index is -0.505. The van der Waals surface area contributed by atoms with Crippen LogP contribution in [-0.4, -0.2) is 16.8 Å². The van der Waals surface area contributed by atoms with Crippen molar-refractivity contribution in [3.8, 4) is 0 Å². The van der Waals surface area contributed by atoms with Crippen molar-refractivity contribution in [2.75, 3.05) is 0 Å². The summed E-state index contributed by atoms with van der Waals surface area (Å²) >= 11 is 3.10. The molecule has 1 aromatic rings. The molecule has 0 aliphatic carbocycles. The van der Waals surface area contributed by atoms with E-state index in [1.165, 1.54) is 6.07 Å². The van der Waals surface area contributed by atoms with Crippen molar-refractivity contribution in [2.45, 2.75) is 6.92 Å². The van der Waals surface area contributed by atoms with Crippen molar-refractivity contribution in [1.82, 2.24) is 0 Å². The number of halogens is 1. The monoisotopic (exact) mass is 314 g/mol. The number of guanidine groups is 2. The van der Waals surface area contributed by atoms with E-state index in [4.69, 9.17) is 17.2 Å². The van der Waals surface area contributed by atoms with Crippen LogP contribution in [0.25, 0.3) is 0 Å². The van der Waals surface area contributed by atoms with Crippen molar-refractivity contribution in [3.63, 3.8) is 0 Å². The maximum Gasteiger partial charge on any atom is 0.288 e. The summed E-state index contributed by atoms with van der Waals surface area (Å²) in [6, 6.07) is 3.08. The number of nitro benzene ring substituents is 1. The largest absolute Gasteiger partial charge is 0.370 e. The van der Waals surface area contributed by atoms with Gasteiger partial charge in [-0.3, -0.25) is 10.1 Å². The number of aliphatic imine (C=N–C) groups is 2. The molecule has 0 radical (unpaired) electrons. The number of nitrogens with zero attached hydrogens (tertiary/aromatic N) is 3. The second-order valence-corrected chi connectivity index (χ2v) is 4.16. The van der Waals surface area contributed by atoms with Crippen molar-refractivity contribution in [1.29, 1.82) is 0 Å². The van der Waals surface area contributed by atoms with Gasteiger partial charge in [-0.05, 0) is 35.0 Å². The van der Waals surface area contributed by atoms with E-state index >= 15 is 0 Å². The summed E-state index contributed by atoms with van der Waals surface area (Å²) in [5.41, 5.74) is 16.4. The molecule has 8 nitrogen and oxygen atoms in total. The van der Waals surface area contributed by atoms with Gasteiger partial charge in [-0.15, -0.1) is 0 Å². The highest BCUT2D eigenvalue weighted by Gasteiger charge is 2.18. The van der Waals surface area contributed by atoms with E-state index in [9.17, 15) is 10.1 Å². The summed E-state index contributed by atoms with van der Waals surface area (Å²) in [6.07, 6.45) is 0. The standard InChI is InChI=1S/C9H11BrN6O2/c1-4-6(14-9(13)15-8(11)12)3-2-5(10)7(4)16(17)18/h2-3H,1H3,(H6,11,12,13,14,15). The zero-order chi connectivity index (χ0) is 13.9. The van der Waals surface area contributed by atoms with Crippen molar-refractivity contribution in [2.24, 2.45) is 27.2 Å². The average molecular weight is 315 g/mol. The third-order valence-corrected chi connectivity index (χ3v) is 2.65. The van der Waals surface area contributed by atoms with E-state index < -0.39 is 4.92 Å². The van der Waals surface area contributed by atoms with Gasteiger partial charge >= 0.3 is 0 Å². The molecule has 9 heteroatoms. The molecular weight excluding hydrogens is 304 g/mol. The molecule has 0 saturated carbocycles. The van der Waals surface area contributed by atoms with Crippen LogP contribution >= 0.6 is 15.9 Å². The zero-order valence-corrected chi connectivity index (χ0v) is 11.0. The van der Waals surface area contributed by atoms with Gasteiger partial charge in [-0.1, -0.05) is 0 Å². The molecule has 1 rings (SSSR count). The van der Waals surface area contributed by atoms with Crippen LogP contribution in [0.15, 0.2) is 26.6 Å². The molecule has 1 aromatic carbocycles. The van der Waals surface area contributed by atoms with Gasteiger partial charge in [0.25, 0.3) is 5.69 Å². The molecule has 0 aromatic heterocycles. The van der Waals surface area contributed by atoms with Gasteiger partial charge < -0.3 is 17.2 Å². The molecule has 0 fully saturated rings. The Balaban J connectivity index is 3.33. The van der Waals surface area contributed by atoms with Gasteiger partial charge in [0.1, 0.15) is 0 Å². The highest BCUT2D eigenvalue weighted by atomic mass is 79.9. The lowest BCUT2D eigenvalue weighted by atomic mass is 10.1. The summed E-state index contributed by atoms with van der Waals surface area (Å²) in [7, 11) is 0. The molecule has 0 aliphatic heterocycles. The summed E-state index contributed by atoms with van der Waals surface area (Å²) in [6.45, 7) is 1.56. The Bertz CT molecular complexity index is 550. The van der Waals surface area contributed by atoms with Crippen molar-refractivity contribution >= 4 is 39.2 Å². The molecule has 0 bridgehead atoms. The number of hydrogen-bond acceptors (Lipinski definition) is 3. The molecule has 0 saturated heterocycles. The third kappa shape index (κ3) is 3.17. The van der Waals surface area contributed by atoms with Gasteiger partial charge in [0.15, 0.2) is 5.96 Å². The zero-order valence-electron chi connectivity index (χ0n) is 9.42. The first kappa shape index (κ1) is 13.9. The Labute approximate surface area is 111 Å². The molecule has 18 heavy (non-hydrogen) atoms.